The van der Waals surface area contributed by atoms with Gasteiger partial charge in [0.1, 0.15) is 6.04 Å². The van der Waals surface area contributed by atoms with Gasteiger partial charge in [-0.25, -0.2) is 0 Å². The van der Waals surface area contributed by atoms with E-state index in [0.717, 1.165) is 5.69 Å². The van der Waals surface area contributed by atoms with Gasteiger partial charge in [0.15, 0.2) is 0 Å². The van der Waals surface area contributed by atoms with Crippen LogP contribution in [-0.4, -0.2) is 21.7 Å². The van der Waals surface area contributed by atoms with E-state index in [9.17, 15) is 4.79 Å². The smallest absolute Gasteiger partial charge is 0.236 e. The average molecular weight is 217 g/mol. The molecule has 0 bridgehead atoms. The number of amides is 1. The molecule has 14 heavy (non-hydrogen) atoms. The van der Waals surface area contributed by atoms with Crippen molar-refractivity contribution in [3.05, 3.63) is 16.9 Å². The van der Waals surface area contributed by atoms with Gasteiger partial charge < -0.3 is 11.5 Å². The van der Waals surface area contributed by atoms with Crippen LogP contribution in [0.4, 0.5) is 0 Å². The minimum atomic E-state index is -0.760. The Morgan fingerprint density at radius 1 is 1.71 bits per heavy atom. The zero-order valence-corrected chi connectivity index (χ0v) is 8.82. The summed E-state index contributed by atoms with van der Waals surface area (Å²) in [5, 5.41) is 4.57. The average Bonchev–Trinajstić information content (AvgIpc) is 2.45. The Labute approximate surface area is 87.0 Å². The lowest BCUT2D eigenvalue weighted by molar-refractivity contribution is -0.120. The molecule has 0 radical (unpaired) electrons. The first-order valence-corrected chi connectivity index (χ1v) is 4.57. The highest BCUT2D eigenvalue weighted by atomic mass is 35.5. The van der Waals surface area contributed by atoms with E-state index in [-0.39, 0.29) is 6.04 Å². The molecule has 2 atom stereocenters. The molecule has 0 saturated heterocycles. The van der Waals surface area contributed by atoms with E-state index < -0.39 is 11.9 Å². The van der Waals surface area contributed by atoms with Gasteiger partial charge in [0.2, 0.25) is 5.91 Å². The number of carbonyl (C=O) groups is 1. The third-order valence-electron chi connectivity index (χ3n) is 2.22. The van der Waals surface area contributed by atoms with Gasteiger partial charge in [-0.05, 0) is 13.8 Å². The van der Waals surface area contributed by atoms with Crippen LogP contribution in [0.3, 0.4) is 0 Å². The zero-order valence-electron chi connectivity index (χ0n) is 8.07. The van der Waals surface area contributed by atoms with E-state index in [1.165, 1.54) is 6.20 Å². The predicted octanol–water partition coefficient (Wildman–Crippen LogP) is 0.219. The first-order valence-electron chi connectivity index (χ1n) is 4.19. The van der Waals surface area contributed by atoms with E-state index >= 15 is 0 Å². The second-order valence-corrected chi connectivity index (χ2v) is 3.60. The van der Waals surface area contributed by atoms with Crippen molar-refractivity contribution in [2.45, 2.75) is 25.9 Å². The maximum absolute atomic E-state index is 10.9. The lowest BCUT2D eigenvalue weighted by Crippen LogP contribution is -2.43. The Bertz CT molecular complexity index is 349. The minimum Gasteiger partial charge on any atom is -0.368 e. The van der Waals surface area contributed by atoms with Crippen molar-refractivity contribution in [2.75, 3.05) is 0 Å². The molecular formula is C8H13ClN4O. The first-order chi connectivity index (χ1) is 6.45. The molecule has 0 aliphatic rings. The van der Waals surface area contributed by atoms with Crippen molar-refractivity contribution in [1.82, 2.24) is 9.78 Å². The lowest BCUT2D eigenvalue weighted by Gasteiger charge is -2.18. The topological polar surface area (TPSA) is 86.9 Å². The van der Waals surface area contributed by atoms with Gasteiger partial charge in [-0.15, -0.1) is 0 Å². The summed E-state index contributed by atoms with van der Waals surface area (Å²) in [7, 11) is 0. The number of aromatic nitrogens is 2. The predicted molar refractivity (Wildman–Crippen MR) is 53.9 cm³/mol. The van der Waals surface area contributed by atoms with Crippen molar-refractivity contribution in [3.8, 4) is 0 Å². The monoisotopic (exact) mass is 216 g/mol. The van der Waals surface area contributed by atoms with Crippen LogP contribution in [0.1, 0.15) is 18.7 Å². The van der Waals surface area contributed by atoms with Gasteiger partial charge in [-0.1, -0.05) is 11.6 Å². The summed E-state index contributed by atoms with van der Waals surface area (Å²) in [5.41, 5.74) is 11.5. The normalized spacial score (nSPS) is 15.1. The number of nitrogens with zero attached hydrogens (tertiary/aromatic N) is 2. The number of hydrogen-bond acceptors (Lipinski definition) is 3. The summed E-state index contributed by atoms with van der Waals surface area (Å²) in [6, 6.07) is -1.05. The van der Waals surface area contributed by atoms with Gasteiger partial charge in [0.05, 0.1) is 23.0 Å². The second-order valence-electron chi connectivity index (χ2n) is 3.19. The summed E-state index contributed by atoms with van der Waals surface area (Å²) in [5.74, 6) is -0.552. The van der Waals surface area contributed by atoms with Crippen LogP contribution in [0.2, 0.25) is 5.02 Å². The second kappa shape index (κ2) is 3.98. The number of nitrogens with two attached hydrogens (primary N) is 2. The summed E-state index contributed by atoms with van der Waals surface area (Å²) < 4.78 is 1.60. The highest BCUT2D eigenvalue weighted by molar-refractivity contribution is 6.31. The molecule has 5 nitrogen and oxygen atoms in total. The Hall–Kier alpha value is -1.07. The minimum absolute atomic E-state index is 0.292. The number of carbonyl (C=O) groups excluding carboxylic acids is 1. The summed E-state index contributed by atoms with van der Waals surface area (Å²) in [6.07, 6.45) is 1.51. The Morgan fingerprint density at radius 3 is 2.64 bits per heavy atom. The van der Waals surface area contributed by atoms with Crippen molar-refractivity contribution in [3.63, 3.8) is 0 Å². The molecular weight excluding hydrogens is 204 g/mol. The van der Waals surface area contributed by atoms with E-state index in [1.54, 1.807) is 18.5 Å². The number of halogens is 1. The number of primary amides is 1. The quantitative estimate of drug-likeness (QED) is 0.758. The molecule has 1 rings (SSSR count). The third-order valence-corrected chi connectivity index (χ3v) is 2.59. The molecule has 4 N–H and O–H groups in total. The third kappa shape index (κ3) is 1.88. The van der Waals surface area contributed by atoms with Crippen LogP contribution in [0, 0.1) is 6.92 Å². The molecule has 2 unspecified atom stereocenters. The van der Waals surface area contributed by atoms with Crippen LogP contribution in [0.5, 0.6) is 0 Å². The molecule has 0 aliphatic carbocycles. The SMILES string of the molecule is Cc1c(Cl)cnn1C(C)C(N)C(N)=O. The standard InChI is InChI=1S/C8H13ClN4O/c1-4-6(9)3-12-13(4)5(2)7(10)8(11)14/h3,5,7H,10H2,1-2H3,(H2,11,14). The molecule has 6 heteroatoms. The van der Waals surface area contributed by atoms with Crippen molar-refractivity contribution >= 4 is 17.5 Å². The van der Waals surface area contributed by atoms with E-state index in [0.29, 0.717) is 5.02 Å². The summed E-state index contributed by atoms with van der Waals surface area (Å²) in [4.78, 5) is 10.9. The molecule has 0 saturated carbocycles. The van der Waals surface area contributed by atoms with E-state index in [4.69, 9.17) is 23.1 Å². The van der Waals surface area contributed by atoms with E-state index in [2.05, 4.69) is 5.10 Å². The van der Waals surface area contributed by atoms with Gasteiger partial charge in [-0.3, -0.25) is 9.48 Å². The highest BCUT2D eigenvalue weighted by Crippen LogP contribution is 2.18. The fourth-order valence-corrected chi connectivity index (χ4v) is 1.33. The molecule has 0 spiro atoms. The van der Waals surface area contributed by atoms with Crippen LogP contribution in [0.25, 0.3) is 0 Å². The Balaban J connectivity index is 2.94. The summed E-state index contributed by atoms with van der Waals surface area (Å²) in [6.45, 7) is 3.57. The van der Waals surface area contributed by atoms with Crippen LogP contribution >= 0.6 is 11.6 Å². The van der Waals surface area contributed by atoms with E-state index in [1.807, 2.05) is 0 Å². The molecule has 1 heterocycles. The highest BCUT2D eigenvalue weighted by Gasteiger charge is 2.22. The fourth-order valence-electron chi connectivity index (χ4n) is 1.20. The first kappa shape index (κ1) is 11.0. The fraction of sp³-hybridized carbons (Fsp3) is 0.500. The van der Waals surface area contributed by atoms with Gasteiger partial charge in [0, 0.05) is 0 Å². The number of hydrogen-bond donors (Lipinski definition) is 2. The van der Waals surface area contributed by atoms with Crippen molar-refractivity contribution in [2.24, 2.45) is 11.5 Å². The molecule has 1 aromatic heterocycles. The van der Waals surface area contributed by atoms with Gasteiger partial charge in [-0.2, -0.15) is 5.10 Å². The van der Waals surface area contributed by atoms with Crippen LogP contribution in [0.15, 0.2) is 6.20 Å². The molecule has 78 valence electrons. The summed E-state index contributed by atoms with van der Waals surface area (Å²) >= 11 is 5.82. The van der Waals surface area contributed by atoms with Crippen molar-refractivity contribution < 1.29 is 4.79 Å². The maximum atomic E-state index is 10.9. The molecule has 0 aliphatic heterocycles. The van der Waals surface area contributed by atoms with Gasteiger partial charge >= 0.3 is 0 Å². The Morgan fingerprint density at radius 2 is 2.29 bits per heavy atom. The largest absolute Gasteiger partial charge is 0.368 e. The van der Waals surface area contributed by atoms with Crippen molar-refractivity contribution in [1.29, 1.82) is 0 Å². The van der Waals surface area contributed by atoms with Crippen LogP contribution in [-0.2, 0) is 4.79 Å². The molecule has 0 aromatic carbocycles. The Kier molecular flexibility index (Phi) is 3.13. The molecule has 1 amide bonds. The lowest BCUT2D eigenvalue weighted by atomic mass is 10.1. The van der Waals surface area contributed by atoms with Crippen LogP contribution < -0.4 is 11.5 Å². The molecule has 1 aromatic rings. The number of rotatable bonds is 3. The maximum Gasteiger partial charge on any atom is 0.236 e. The van der Waals surface area contributed by atoms with Gasteiger partial charge in [0.25, 0.3) is 0 Å². The zero-order chi connectivity index (χ0) is 10.9. The molecule has 0 fully saturated rings.